The number of aliphatic hydroxyl groups is 3. The molecule has 5 fully saturated rings. The van der Waals surface area contributed by atoms with Crippen molar-refractivity contribution in [3.63, 3.8) is 0 Å². The standard InChI is InChI=1S/C30H38O7/c1-14-6-7-17-19(14)22-20(18(31)12-27(17,4)34)30(25(33)37-22)13-29-11-10-26(30,3)23(29)21-16(8-9-28(29,5)35)15(2)24(32)36-21/h6,10-11,16-23,31,34-35H,2,7-9,12-13H2,1,3-5H3/t16-,17+,18-,19-,20+,21-,22+,23-,26+,27+,28+,29-,30-/m0/s1. The summed E-state index contributed by atoms with van der Waals surface area (Å²) in [5.74, 6) is -2.19. The number of rotatable bonds is 0. The van der Waals surface area contributed by atoms with Gasteiger partial charge in [-0.3, -0.25) is 4.79 Å². The van der Waals surface area contributed by atoms with E-state index in [0.717, 1.165) is 5.57 Å². The maximum atomic E-state index is 14.3. The molecule has 3 saturated carbocycles. The first-order valence-corrected chi connectivity index (χ1v) is 13.8. The van der Waals surface area contributed by atoms with Gasteiger partial charge < -0.3 is 24.8 Å². The number of fused-ring (bicyclic) bond motifs is 6. The molecule has 2 aliphatic heterocycles. The normalized spacial score (nSPS) is 59.3. The molecular formula is C30H38O7. The predicted octanol–water partition coefficient (Wildman–Crippen LogP) is 2.84. The van der Waals surface area contributed by atoms with Crippen molar-refractivity contribution >= 4 is 11.9 Å². The summed E-state index contributed by atoms with van der Waals surface area (Å²) in [7, 11) is 0. The summed E-state index contributed by atoms with van der Waals surface area (Å²) in [4.78, 5) is 27.0. The molecule has 0 unspecified atom stereocenters. The van der Waals surface area contributed by atoms with Gasteiger partial charge in [0.15, 0.2) is 0 Å². The van der Waals surface area contributed by atoms with Gasteiger partial charge in [0.05, 0.1) is 22.7 Å². The first kappa shape index (κ1) is 24.1. The van der Waals surface area contributed by atoms with Crippen LogP contribution in [0.5, 0.6) is 0 Å². The average Bonchev–Trinajstić information content (AvgIpc) is 3.51. The fourth-order valence-corrected chi connectivity index (χ4v) is 10.7. The van der Waals surface area contributed by atoms with Crippen molar-refractivity contribution in [3.8, 4) is 0 Å². The van der Waals surface area contributed by atoms with Crippen molar-refractivity contribution in [2.24, 2.45) is 45.8 Å². The van der Waals surface area contributed by atoms with Gasteiger partial charge in [0.2, 0.25) is 0 Å². The van der Waals surface area contributed by atoms with Crippen LogP contribution in [0.3, 0.4) is 0 Å². The van der Waals surface area contributed by atoms with Crippen molar-refractivity contribution in [2.75, 3.05) is 0 Å². The molecule has 37 heavy (non-hydrogen) atoms. The first-order chi connectivity index (χ1) is 17.2. The SMILES string of the molecule is C=C1C(=O)O[C@@H]2[C@@H]3[C@@]4(C=C[C@@]3(C)[C@]3(C4)C(=O)O[C@@H]4[C@H]5C(C)=CC[C@H]5[C@](C)(O)C[C@H](O)[C@H]43)[C@](C)(O)CC[C@@H]12. The second-order valence-corrected chi connectivity index (χ2v) is 13.9. The molecule has 2 heterocycles. The minimum absolute atomic E-state index is 0.141. The molecule has 7 nitrogen and oxygen atoms in total. The zero-order chi connectivity index (χ0) is 26.5. The summed E-state index contributed by atoms with van der Waals surface area (Å²) >= 11 is 0. The highest BCUT2D eigenvalue weighted by molar-refractivity contribution is 5.91. The van der Waals surface area contributed by atoms with E-state index in [1.807, 2.05) is 26.8 Å². The molecular weight excluding hydrogens is 472 g/mol. The Kier molecular flexibility index (Phi) is 4.42. The number of ether oxygens (including phenoxy) is 2. The van der Waals surface area contributed by atoms with E-state index in [4.69, 9.17) is 9.47 Å². The summed E-state index contributed by atoms with van der Waals surface area (Å²) in [6, 6.07) is 0. The van der Waals surface area contributed by atoms with Gasteiger partial charge >= 0.3 is 11.9 Å². The van der Waals surface area contributed by atoms with Gasteiger partial charge in [0.1, 0.15) is 12.2 Å². The molecule has 13 atom stereocenters. The van der Waals surface area contributed by atoms with Crippen molar-refractivity contribution in [1.82, 2.24) is 0 Å². The van der Waals surface area contributed by atoms with Gasteiger partial charge in [0, 0.05) is 52.4 Å². The lowest BCUT2D eigenvalue weighted by Crippen LogP contribution is -2.52. The van der Waals surface area contributed by atoms with Gasteiger partial charge in [-0.1, -0.05) is 37.3 Å². The van der Waals surface area contributed by atoms with E-state index in [-0.39, 0.29) is 36.1 Å². The third-order valence-electron chi connectivity index (χ3n) is 12.5. The van der Waals surface area contributed by atoms with Gasteiger partial charge in [0.25, 0.3) is 0 Å². The summed E-state index contributed by atoms with van der Waals surface area (Å²) in [5, 5.41) is 35.4. The van der Waals surface area contributed by atoms with Crippen LogP contribution in [-0.2, 0) is 19.1 Å². The Bertz CT molecular complexity index is 1200. The Balaban J connectivity index is 1.43. The number of hydrogen-bond donors (Lipinski definition) is 3. The second kappa shape index (κ2) is 6.78. The van der Waals surface area contributed by atoms with E-state index >= 15 is 0 Å². The van der Waals surface area contributed by atoms with Gasteiger partial charge in [-0.25, -0.2) is 4.79 Å². The quantitative estimate of drug-likeness (QED) is 0.261. The molecule has 1 spiro atoms. The third kappa shape index (κ3) is 2.47. The van der Waals surface area contributed by atoms with Crippen LogP contribution in [0.15, 0.2) is 36.0 Å². The first-order valence-electron chi connectivity index (χ1n) is 13.8. The van der Waals surface area contributed by atoms with Crippen molar-refractivity contribution in [3.05, 3.63) is 36.0 Å². The highest BCUT2D eigenvalue weighted by atomic mass is 16.6. The van der Waals surface area contributed by atoms with E-state index in [1.165, 1.54) is 0 Å². The number of hydrogen-bond acceptors (Lipinski definition) is 7. The Morgan fingerprint density at radius 1 is 1.08 bits per heavy atom. The summed E-state index contributed by atoms with van der Waals surface area (Å²) < 4.78 is 12.3. The van der Waals surface area contributed by atoms with Crippen molar-refractivity contribution in [2.45, 2.75) is 89.3 Å². The number of allylic oxidation sites excluding steroid dienone is 2. The molecule has 5 aliphatic carbocycles. The monoisotopic (exact) mass is 510 g/mol. The molecule has 2 saturated heterocycles. The third-order valence-corrected chi connectivity index (χ3v) is 12.5. The van der Waals surface area contributed by atoms with Gasteiger partial charge in [-0.15, -0.1) is 0 Å². The fraction of sp³-hybridized carbons (Fsp3) is 0.733. The molecule has 7 heteroatoms. The molecule has 0 aromatic carbocycles. The molecule has 0 amide bonds. The molecule has 0 aromatic heterocycles. The van der Waals surface area contributed by atoms with Crippen LogP contribution < -0.4 is 0 Å². The Hall–Kier alpha value is -1.96. The minimum Gasteiger partial charge on any atom is -0.461 e. The van der Waals surface area contributed by atoms with E-state index < -0.39 is 57.6 Å². The van der Waals surface area contributed by atoms with Crippen molar-refractivity contribution < 1.29 is 34.4 Å². The van der Waals surface area contributed by atoms with Crippen LogP contribution in [0.1, 0.15) is 59.8 Å². The Morgan fingerprint density at radius 2 is 1.81 bits per heavy atom. The lowest BCUT2D eigenvalue weighted by Gasteiger charge is -2.46. The Labute approximate surface area is 217 Å². The van der Waals surface area contributed by atoms with Gasteiger partial charge in [-0.2, -0.15) is 0 Å². The maximum Gasteiger partial charge on any atom is 0.334 e. The predicted molar refractivity (Wildman–Crippen MR) is 133 cm³/mol. The molecule has 0 aromatic rings. The number of aliphatic hydroxyl groups excluding tert-OH is 1. The highest BCUT2D eigenvalue weighted by Crippen LogP contribution is 2.80. The summed E-state index contributed by atoms with van der Waals surface area (Å²) in [6.07, 6.45) is 6.39. The fourth-order valence-electron chi connectivity index (χ4n) is 10.7. The summed E-state index contributed by atoms with van der Waals surface area (Å²) in [5.41, 5.74) is -3.51. The topological polar surface area (TPSA) is 113 Å². The van der Waals surface area contributed by atoms with Crippen LogP contribution in [0.25, 0.3) is 0 Å². The number of carbonyl (C=O) groups excluding carboxylic acids is 2. The molecule has 3 N–H and O–H groups in total. The maximum absolute atomic E-state index is 14.3. The van der Waals surface area contributed by atoms with E-state index in [9.17, 15) is 24.9 Å². The van der Waals surface area contributed by atoms with Crippen LogP contribution in [-0.4, -0.2) is 56.8 Å². The molecule has 2 bridgehead atoms. The smallest absolute Gasteiger partial charge is 0.334 e. The lowest BCUT2D eigenvalue weighted by molar-refractivity contribution is -0.158. The van der Waals surface area contributed by atoms with E-state index in [2.05, 4.69) is 18.7 Å². The zero-order valence-corrected chi connectivity index (χ0v) is 22.1. The Morgan fingerprint density at radius 3 is 2.54 bits per heavy atom. The van der Waals surface area contributed by atoms with Crippen LogP contribution in [0.4, 0.5) is 0 Å². The van der Waals surface area contributed by atoms with Gasteiger partial charge in [-0.05, 0) is 46.5 Å². The zero-order valence-electron chi connectivity index (χ0n) is 22.1. The minimum atomic E-state index is -1.16. The van der Waals surface area contributed by atoms with Crippen LogP contribution in [0, 0.1) is 45.8 Å². The van der Waals surface area contributed by atoms with Crippen LogP contribution >= 0.6 is 0 Å². The molecule has 7 aliphatic rings. The number of carbonyl (C=O) groups is 2. The average molecular weight is 511 g/mol. The molecule has 200 valence electrons. The lowest BCUT2D eigenvalue weighted by atomic mass is 9.54. The van der Waals surface area contributed by atoms with E-state index in [0.29, 0.717) is 31.3 Å². The largest absolute Gasteiger partial charge is 0.461 e. The summed E-state index contributed by atoms with van der Waals surface area (Å²) in [6.45, 7) is 11.7. The van der Waals surface area contributed by atoms with E-state index in [1.54, 1.807) is 6.92 Å². The second-order valence-electron chi connectivity index (χ2n) is 13.9. The molecule has 7 rings (SSSR count). The van der Waals surface area contributed by atoms with Crippen LogP contribution in [0.2, 0.25) is 0 Å². The van der Waals surface area contributed by atoms with Crippen molar-refractivity contribution in [1.29, 1.82) is 0 Å². The highest BCUT2D eigenvalue weighted by Gasteiger charge is 2.84. The molecule has 0 radical (unpaired) electrons. The number of esters is 2.